The average molecular weight is 382 g/mol. The van der Waals surface area contributed by atoms with E-state index >= 15 is 0 Å². The van der Waals surface area contributed by atoms with E-state index in [9.17, 15) is 18.0 Å². The van der Waals surface area contributed by atoms with Crippen molar-refractivity contribution in [1.82, 2.24) is 19.7 Å². The highest BCUT2D eigenvalue weighted by Crippen LogP contribution is 2.31. The van der Waals surface area contributed by atoms with Crippen molar-refractivity contribution in [1.29, 1.82) is 0 Å². The Balaban J connectivity index is 1.84. The zero-order valence-corrected chi connectivity index (χ0v) is 15.5. The third-order valence-electron chi connectivity index (χ3n) is 4.22. The molecule has 0 saturated heterocycles. The molecule has 27 heavy (non-hydrogen) atoms. The summed E-state index contributed by atoms with van der Waals surface area (Å²) >= 11 is 0. The second-order valence-electron chi connectivity index (χ2n) is 7.58. The van der Waals surface area contributed by atoms with Gasteiger partial charge in [0.25, 0.3) is 0 Å². The van der Waals surface area contributed by atoms with Gasteiger partial charge in [-0.05, 0) is 39.8 Å². The molecule has 1 aliphatic rings. The Kier molecular flexibility index (Phi) is 4.65. The minimum absolute atomic E-state index is 0.170. The van der Waals surface area contributed by atoms with Crippen LogP contribution in [-0.2, 0) is 24.0 Å². The molecule has 1 aromatic carbocycles. The summed E-state index contributed by atoms with van der Waals surface area (Å²) in [6, 6.07) is 4.64. The molecular formula is C18H21F3N4O2. The SMILES string of the molecule is CC1Cn2c(nnc2-c2ccc(C(F)(F)F)cc2)CN1C(=O)OC(C)(C)C. The summed E-state index contributed by atoms with van der Waals surface area (Å²) in [6.07, 6.45) is -4.81. The van der Waals surface area contributed by atoms with Gasteiger partial charge in [0, 0.05) is 12.1 Å². The van der Waals surface area contributed by atoms with Crippen LogP contribution in [0.15, 0.2) is 24.3 Å². The second kappa shape index (κ2) is 6.54. The molecule has 9 heteroatoms. The van der Waals surface area contributed by atoms with Crippen molar-refractivity contribution < 1.29 is 22.7 Å². The molecule has 1 atom stereocenters. The van der Waals surface area contributed by atoms with Crippen LogP contribution < -0.4 is 0 Å². The van der Waals surface area contributed by atoms with E-state index in [0.717, 1.165) is 12.1 Å². The highest BCUT2D eigenvalue weighted by atomic mass is 19.4. The third-order valence-corrected chi connectivity index (χ3v) is 4.22. The van der Waals surface area contributed by atoms with Crippen molar-refractivity contribution in [3.05, 3.63) is 35.7 Å². The van der Waals surface area contributed by atoms with Crippen LogP contribution in [0.2, 0.25) is 0 Å². The fourth-order valence-electron chi connectivity index (χ4n) is 2.90. The van der Waals surface area contributed by atoms with Crippen LogP contribution in [0, 0.1) is 0 Å². The first-order valence-corrected chi connectivity index (χ1v) is 8.55. The van der Waals surface area contributed by atoms with E-state index in [1.165, 1.54) is 12.1 Å². The molecule has 0 spiro atoms. The zero-order valence-electron chi connectivity index (χ0n) is 15.5. The first-order valence-electron chi connectivity index (χ1n) is 8.55. The number of ether oxygens (including phenoxy) is 1. The lowest BCUT2D eigenvalue weighted by Crippen LogP contribution is -2.47. The Labute approximate surface area is 154 Å². The molecule has 3 rings (SSSR count). The summed E-state index contributed by atoms with van der Waals surface area (Å²) in [6.45, 7) is 7.92. The molecule has 2 aromatic rings. The Morgan fingerprint density at radius 1 is 1.15 bits per heavy atom. The Morgan fingerprint density at radius 2 is 1.78 bits per heavy atom. The smallest absolute Gasteiger partial charge is 0.416 e. The summed E-state index contributed by atoms with van der Waals surface area (Å²) in [5, 5.41) is 8.22. The quantitative estimate of drug-likeness (QED) is 0.745. The van der Waals surface area contributed by atoms with Crippen LogP contribution in [0.3, 0.4) is 0 Å². The lowest BCUT2D eigenvalue weighted by molar-refractivity contribution is -0.137. The largest absolute Gasteiger partial charge is 0.444 e. The number of rotatable bonds is 1. The molecule has 1 amide bonds. The number of carbonyl (C=O) groups is 1. The lowest BCUT2D eigenvalue weighted by atomic mass is 10.1. The molecule has 0 fully saturated rings. The summed E-state index contributed by atoms with van der Waals surface area (Å²) in [5.74, 6) is 1.04. The first kappa shape index (κ1) is 19.2. The molecule has 0 bridgehead atoms. The van der Waals surface area contributed by atoms with Gasteiger partial charge in [-0.2, -0.15) is 13.2 Å². The number of alkyl halides is 3. The molecule has 0 saturated carbocycles. The van der Waals surface area contributed by atoms with E-state index in [4.69, 9.17) is 4.74 Å². The molecule has 0 N–H and O–H groups in total. The number of hydrogen-bond acceptors (Lipinski definition) is 4. The molecular weight excluding hydrogens is 361 g/mol. The minimum atomic E-state index is -4.38. The molecule has 6 nitrogen and oxygen atoms in total. The predicted molar refractivity (Wildman–Crippen MR) is 91.7 cm³/mol. The average Bonchev–Trinajstić information content (AvgIpc) is 2.94. The summed E-state index contributed by atoms with van der Waals surface area (Å²) in [7, 11) is 0. The predicted octanol–water partition coefficient (Wildman–Crippen LogP) is 4.10. The van der Waals surface area contributed by atoms with Crippen molar-refractivity contribution in [3.63, 3.8) is 0 Å². The first-order chi connectivity index (χ1) is 12.5. The maximum atomic E-state index is 12.7. The van der Waals surface area contributed by atoms with Crippen LogP contribution in [0.4, 0.5) is 18.0 Å². The number of nitrogens with zero attached hydrogens (tertiary/aromatic N) is 4. The Morgan fingerprint density at radius 3 is 2.33 bits per heavy atom. The Hall–Kier alpha value is -2.58. The molecule has 0 aliphatic carbocycles. The topological polar surface area (TPSA) is 60.2 Å². The van der Waals surface area contributed by atoms with Crippen LogP contribution in [0.1, 0.15) is 39.1 Å². The van der Waals surface area contributed by atoms with E-state index in [1.807, 2.05) is 11.5 Å². The lowest BCUT2D eigenvalue weighted by Gasteiger charge is -2.35. The van der Waals surface area contributed by atoms with E-state index in [1.54, 1.807) is 25.7 Å². The maximum Gasteiger partial charge on any atom is 0.416 e. The minimum Gasteiger partial charge on any atom is -0.444 e. The van der Waals surface area contributed by atoms with Gasteiger partial charge < -0.3 is 9.30 Å². The maximum absolute atomic E-state index is 12.7. The number of halogens is 3. The van der Waals surface area contributed by atoms with Gasteiger partial charge >= 0.3 is 12.3 Å². The molecule has 146 valence electrons. The van der Waals surface area contributed by atoms with Gasteiger partial charge in [0.15, 0.2) is 11.6 Å². The van der Waals surface area contributed by atoms with Crippen molar-refractivity contribution in [2.75, 3.05) is 0 Å². The fourth-order valence-corrected chi connectivity index (χ4v) is 2.90. The normalized spacial score (nSPS) is 17.6. The molecule has 1 aromatic heterocycles. The van der Waals surface area contributed by atoms with Gasteiger partial charge in [0.2, 0.25) is 0 Å². The molecule has 1 unspecified atom stereocenters. The van der Waals surface area contributed by atoms with Crippen molar-refractivity contribution >= 4 is 6.09 Å². The number of carbonyl (C=O) groups excluding carboxylic acids is 1. The fraction of sp³-hybridized carbons (Fsp3) is 0.500. The van der Waals surface area contributed by atoms with Crippen molar-refractivity contribution in [3.8, 4) is 11.4 Å². The van der Waals surface area contributed by atoms with Crippen molar-refractivity contribution in [2.45, 2.75) is 58.6 Å². The number of benzene rings is 1. The van der Waals surface area contributed by atoms with Crippen LogP contribution in [0.25, 0.3) is 11.4 Å². The number of fused-ring (bicyclic) bond motifs is 1. The van der Waals surface area contributed by atoms with E-state index in [2.05, 4.69) is 10.2 Å². The van der Waals surface area contributed by atoms with Gasteiger partial charge in [-0.25, -0.2) is 4.79 Å². The number of aromatic nitrogens is 3. The standard InChI is InChI=1S/C18H21F3N4O2/c1-11-9-25-14(10-24(11)16(26)27-17(2,3)4)22-23-15(25)12-5-7-13(8-6-12)18(19,20)21/h5-8,11H,9-10H2,1-4H3. The monoisotopic (exact) mass is 382 g/mol. The van der Waals surface area contributed by atoms with Gasteiger partial charge in [-0.15, -0.1) is 10.2 Å². The van der Waals surface area contributed by atoms with Crippen LogP contribution in [0.5, 0.6) is 0 Å². The summed E-state index contributed by atoms with van der Waals surface area (Å²) < 4.78 is 45.5. The van der Waals surface area contributed by atoms with Crippen LogP contribution in [-0.4, -0.2) is 37.4 Å². The summed E-state index contributed by atoms with van der Waals surface area (Å²) in [4.78, 5) is 14.0. The van der Waals surface area contributed by atoms with Gasteiger partial charge in [-0.3, -0.25) is 4.90 Å². The van der Waals surface area contributed by atoms with Gasteiger partial charge in [0.1, 0.15) is 5.60 Å². The van der Waals surface area contributed by atoms with E-state index in [-0.39, 0.29) is 12.6 Å². The summed E-state index contributed by atoms with van der Waals surface area (Å²) in [5.41, 5.74) is -0.776. The highest BCUT2D eigenvalue weighted by Gasteiger charge is 2.33. The Bertz CT molecular complexity index is 838. The number of hydrogen-bond donors (Lipinski definition) is 0. The molecule has 1 aliphatic heterocycles. The third kappa shape index (κ3) is 4.06. The van der Waals surface area contributed by atoms with Gasteiger partial charge in [0.05, 0.1) is 18.2 Å². The molecule has 2 heterocycles. The highest BCUT2D eigenvalue weighted by molar-refractivity contribution is 5.69. The van der Waals surface area contributed by atoms with E-state index < -0.39 is 23.4 Å². The second-order valence-corrected chi connectivity index (χ2v) is 7.58. The van der Waals surface area contributed by atoms with E-state index in [0.29, 0.717) is 23.8 Å². The van der Waals surface area contributed by atoms with Gasteiger partial charge in [-0.1, -0.05) is 12.1 Å². The zero-order chi connectivity index (χ0) is 20.0. The van der Waals surface area contributed by atoms with Crippen molar-refractivity contribution in [2.24, 2.45) is 0 Å². The number of amides is 1. The van der Waals surface area contributed by atoms with Crippen LogP contribution >= 0.6 is 0 Å². The molecule has 0 radical (unpaired) electrons.